The van der Waals surface area contributed by atoms with E-state index in [4.69, 9.17) is 28.9 Å². The van der Waals surface area contributed by atoms with Gasteiger partial charge in [0.2, 0.25) is 0 Å². The van der Waals surface area contributed by atoms with Gasteiger partial charge in [-0.25, -0.2) is 9.97 Å². The van der Waals surface area contributed by atoms with Crippen molar-refractivity contribution in [1.29, 1.82) is 0 Å². The molecule has 2 fully saturated rings. The second kappa shape index (κ2) is 12.8. The van der Waals surface area contributed by atoms with E-state index in [1.165, 1.54) is 0 Å². The van der Waals surface area contributed by atoms with Crippen LogP contribution >= 0.6 is 0 Å². The topological polar surface area (TPSA) is 94.3 Å². The van der Waals surface area contributed by atoms with Gasteiger partial charge in [-0.2, -0.15) is 0 Å². The molecule has 262 valence electrons. The third-order valence-corrected chi connectivity index (χ3v) is 9.93. The fourth-order valence-corrected chi connectivity index (χ4v) is 7.28. The van der Waals surface area contributed by atoms with Crippen LogP contribution in [0.4, 0.5) is 0 Å². The maximum Gasteiger partial charge on any atom is 0.187 e. The van der Waals surface area contributed by atoms with Crippen molar-refractivity contribution >= 4 is 46.4 Å². The quantitative estimate of drug-likeness (QED) is 0.191. The van der Waals surface area contributed by atoms with Crippen molar-refractivity contribution in [1.82, 2.24) is 19.9 Å². The Balaban J connectivity index is 1.39. The van der Waals surface area contributed by atoms with Crippen LogP contribution in [0.15, 0.2) is 84.9 Å². The Bertz CT molecular complexity index is 2210. The number of aromatic amines is 2. The molecule has 0 spiro atoms. The second-order valence-electron chi connectivity index (χ2n) is 15.5. The van der Waals surface area contributed by atoms with Gasteiger partial charge in [-0.05, 0) is 59.7 Å². The summed E-state index contributed by atoms with van der Waals surface area (Å²) in [6.45, 7) is 10.9. The molecule has 3 aromatic heterocycles. The Labute approximate surface area is 303 Å². The number of nitrogens with zero attached hydrogens (tertiary/aromatic N) is 2. The van der Waals surface area contributed by atoms with Gasteiger partial charge in [-0.15, -0.1) is 0 Å². The lowest BCUT2D eigenvalue weighted by Gasteiger charge is -2.35. The average molecular weight is 691 g/mol. The van der Waals surface area contributed by atoms with Crippen LogP contribution in [0.5, 0.6) is 0 Å². The van der Waals surface area contributed by atoms with Crippen LogP contribution in [-0.4, -0.2) is 46.4 Å². The van der Waals surface area contributed by atoms with Crippen molar-refractivity contribution in [2.45, 2.75) is 40.3 Å². The van der Waals surface area contributed by atoms with Crippen molar-refractivity contribution in [3.63, 3.8) is 0 Å². The summed E-state index contributed by atoms with van der Waals surface area (Å²) in [6, 6.07) is 29.2. The molecule has 8 heteroatoms. The molecule has 7 heterocycles. The molecule has 0 atom stereocenters. The molecule has 0 unspecified atom stereocenters. The molecular weight excluding hydrogens is 649 g/mol. The summed E-state index contributed by atoms with van der Waals surface area (Å²) in [4.78, 5) is 18.2. The zero-order valence-corrected chi connectivity index (χ0v) is 29.9. The molecule has 0 saturated carbocycles. The molecule has 2 N–H and O–H groups in total. The highest BCUT2D eigenvalue weighted by molar-refractivity contribution is 5.96. The molecular formula is C44H42N4O4. The number of hydrogen-bond donors (Lipinski definition) is 2. The molecule has 4 aliphatic rings. The standard InChI is InChI=1S/C44H42N4O4/c1-43(2)23-49-41(50-24-43)39-33-19-17-31(46-33)37(27-11-7-5-8-12-27)29-15-16-30(45-29)38(28-13-9-6-10-14-28)32-18-20-34(47-32)40(36-22-21-35(39)48-36)42-51-25-44(3,4)26-52-42/h5-22,41-42,46-47H,23-26H2,1-4H3. The van der Waals surface area contributed by atoms with E-state index in [-0.39, 0.29) is 10.8 Å². The number of fused-ring (bicyclic) bond motifs is 8. The van der Waals surface area contributed by atoms with E-state index >= 15 is 0 Å². The highest BCUT2D eigenvalue weighted by Gasteiger charge is 2.34. The van der Waals surface area contributed by atoms with E-state index in [9.17, 15) is 0 Å². The summed E-state index contributed by atoms with van der Waals surface area (Å²) in [5.41, 5.74) is 12.4. The van der Waals surface area contributed by atoms with Crippen molar-refractivity contribution < 1.29 is 18.9 Å². The van der Waals surface area contributed by atoms with Crippen LogP contribution in [0, 0.1) is 10.8 Å². The van der Waals surface area contributed by atoms with Crippen LogP contribution in [0.2, 0.25) is 0 Å². The predicted octanol–water partition coefficient (Wildman–Crippen LogP) is 10.1. The van der Waals surface area contributed by atoms with E-state index < -0.39 is 12.6 Å². The van der Waals surface area contributed by atoms with Gasteiger partial charge in [0, 0.05) is 44.0 Å². The first kappa shape index (κ1) is 32.8. The van der Waals surface area contributed by atoms with Crippen LogP contribution in [-0.2, 0) is 18.9 Å². The SMILES string of the molecule is CC1(C)COC(c2c3nc(c(C4OCC(C)(C)CO4)c4ccc([nH]4)c(-c4ccccc4)c4nc(c(-c5ccccc5)c5ccc2[nH]5)C=C4)C=C3)OC1. The first-order chi connectivity index (χ1) is 25.2. The van der Waals surface area contributed by atoms with Gasteiger partial charge in [0.15, 0.2) is 12.6 Å². The average Bonchev–Trinajstić information content (AvgIpc) is 3.98. The Morgan fingerprint density at radius 1 is 0.462 bits per heavy atom. The summed E-state index contributed by atoms with van der Waals surface area (Å²) in [7, 11) is 0. The van der Waals surface area contributed by atoms with Gasteiger partial charge in [0.05, 0.1) is 60.3 Å². The summed E-state index contributed by atoms with van der Waals surface area (Å²) in [5.74, 6) is 0. The minimum absolute atomic E-state index is 0.0956. The summed E-state index contributed by atoms with van der Waals surface area (Å²) in [6.07, 6.45) is 7.07. The van der Waals surface area contributed by atoms with E-state index in [1.807, 2.05) is 24.3 Å². The first-order valence-electron chi connectivity index (χ1n) is 17.9. The molecule has 0 radical (unpaired) electrons. The number of rotatable bonds is 4. The van der Waals surface area contributed by atoms with E-state index in [0.29, 0.717) is 26.4 Å². The van der Waals surface area contributed by atoms with Gasteiger partial charge < -0.3 is 28.9 Å². The molecule has 0 amide bonds. The lowest BCUT2D eigenvalue weighted by Crippen LogP contribution is -2.34. The highest BCUT2D eigenvalue weighted by Crippen LogP contribution is 2.40. The van der Waals surface area contributed by atoms with Gasteiger partial charge in [0.1, 0.15) is 0 Å². The predicted molar refractivity (Wildman–Crippen MR) is 207 cm³/mol. The molecule has 5 aromatic rings. The lowest BCUT2D eigenvalue weighted by molar-refractivity contribution is -0.226. The zero-order chi connectivity index (χ0) is 35.5. The van der Waals surface area contributed by atoms with E-state index in [2.05, 4.69) is 123 Å². The van der Waals surface area contributed by atoms with Crippen LogP contribution in [0.25, 0.3) is 68.6 Å². The minimum Gasteiger partial charge on any atom is -0.355 e. The van der Waals surface area contributed by atoms with Crippen molar-refractivity contribution in [2.75, 3.05) is 26.4 Å². The van der Waals surface area contributed by atoms with E-state index in [0.717, 1.165) is 78.2 Å². The highest BCUT2D eigenvalue weighted by atomic mass is 16.7. The van der Waals surface area contributed by atoms with Crippen molar-refractivity contribution in [3.05, 3.63) is 119 Å². The number of ether oxygens (including phenoxy) is 4. The Morgan fingerprint density at radius 3 is 1.21 bits per heavy atom. The Kier molecular flexibility index (Phi) is 8.08. The van der Waals surface area contributed by atoms with E-state index in [1.54, 1.807) is 0 Å². The van der Waals surface area contributed by atoms with Crippen LogP contribution < -0.4 is 0 Å². The van der Waals surface area contributed by atoms with Crippen molar-refractivity contribution in [3.8, 4) is 22.3 Å². The molecule has 8 bridgehead atoms. The molecule has 8 nitrogen and oxygen atoms in total. The van der Waals surface area contributed by atoms with Gasteiger partial charge in [0.25, 0.3) is 0 Å². The molecule has 2 saturated heterocycles. The Hall–Kier alpha value is -5.12. The third kappa shape index (κ3) is 6.11. The number of H-pyrrole nitrogens is 2. The maximum absolute atomic E-state index is 6.45. The van der Waals surface area contributed by atoms with Gasteiger partial charge in [-0.1, -0.05) is 88.4 Å². The van der Waals surface area contributed by atoms with Crippen LogP contribution in [0.1, 0.15) is 74.2 Å². The largest absolute Gasteiger partial charge is 0.355 e. The number of nitrogens with one attached hydrogen (secondary N) is 2. The lowest BCUT2D eigenvalue weighted by atomic mass is 9.95. The Morgan fingerprint density at radius 2 is 0.808 bits per heavy atom. The molecule has 52 heavy (non-hydrogen) atoms. The summed E-state index contributed by atoms with van der Waals surface area (Å²) >= 11 is 0. The number of hydrogen-bond acceptors (Lipinski definition) is 6. The van der Waals surface area contributed by atoms with Gasteiger partial charge in [-0.3, -0.25) is 0 Å². The monoisotopic (exact) mass is 690 g/mol. The van der Waals surface area contributed by atoms with Gasteiger partial charge >= 0.3 is 0 Å². The third-order valence-electron chi connectivity index (χ3n) is 9.93. The summed E-state index contributed by atoms with van der Waals surface area (Å²) < 4.78 is 25.8. The molecule has 4 aliphatic heterocycles. The minimum atomic E-state index is -0.614. The van der Waals surface area contributed by atoms with Crippen LogP contribution in [0.3, 0.4) is 0 Å². The zero-order valence-electron chi connectivity index (χ0n) is 29.9. The maximum atomic E-state index is 6.45. The second-order valence-corrected chi connectivity index (χ2v) is 15.5. The first-order valence-corrected chi connectivity index (χ1v) is 17.9. The molecule has 2 aromatic carbocycles. The number of aromatic nitrogens is 4. The smallest absolute Gasteiger partial charge is 0.187 e. The molecule has 9 rings (SSSR count). The normalized spacial score (nSPS) is 18.5. The fourth-order valence-electron chi connectivity index (χ4n) is 7.28. The number of benzene rings is 2. The fraction of sp³-hybridized carbons (Fsp3) is 0.273. The van der Waals surface area contributed by atoms with Crippen molar-refractivity contribution in [2.24, 2.45) is 10.8 Å². The molecule has 0 aliphatic carbocycles. The summed E-state index contributed by atoms with van der Waals surface area (Å²) in [5, 5.41) is 0.